The van der Waals surface area contributed by atoms with Crippen molar-refractivity contribution in [2.24, 2.45) is 0 Å². The molecule has 2 amide bonds. The maximum Gasteiger partial charge on any atom is 0.257 e. The Balaban J connectivity index is 1.37. The van der Waals surface area contributed by atoms with E-state index in [2.05, 4.69) is 20.6 Å². The van der Waals surface area contributed by atoms with Gasteiger partial charge in [0.15, 0.2) is 5.13 Å². The molecule has 0 saturated heterocycles. The van der Waals surface area contributed by atoms with Gasteiger partial charge in [-0.2, -0.15) is 0 Å². The number of nitrogens with one attached hydrogen (secondary N) is 2. The lowest BCUT2D eigenvalue weighted by atomic mass is 10.2. The van der Waals surface area contributed by atoms with E-state index in [1.54, 1.807) is 54.1 Å². The van der Waals surface area contributed by atoms with Crippen LogP contribution in [0.3, 0.4) is 0 Å². The summed E-state index contributed by atoms with van der Waals surface area (Å²) in [5.41, 5.74) is 1.29. The van der Waals surface area contributed by atoms with Crippen LogP contribution in [0, 0.1) is 0 Å². The van der Waals surface area contributed by atoms with E-state index in [-0.39, 0.29) is 11.8 Å². The number of thiazole rings is 1. The Bertz CT molecular complexity index is 1190. The van der Waals surface area contributed by atoms with Crippen molar-refractivity contribution in [2.45, 2.75) is 13.5 Å². The molecule has 156 valence electrons. The first-order valence-corrected chi connectivity index (χ1v) is 11.0. The number of nitrogens with zero attached hydrogens (tertiary/aromatic N) is 2. The molecule has 31 heavy (non-hydrogen) atoms. The number of hydrogen-bond donors (Lipinski definition) is 2. The number of hydrogen-bond acceptors (Lipinski definition) is 7. The summed E-state index contributed by atoms with van der Waals surface area (Å²) in [5, 5.41) is 8.03. The van der Waals surface area contributed by atoms with Crippen molar-refractivity contribution in [2.75, 3.05) is 5.32 Å². The highest BCUT2D eigenvalue weighted by Gasteiger charge is 2.12. The summed E-state index contributed by atoms with van der Waals surface area (Å²) in [6.45, 7) is 1.99. The molecule has 0 bridgehead atoms. The molecule has 4 aromatic rings. The van der Waals surface area contributed by atoms with E-state index in [1.807, 2.05) is 23.6 Å². The van der Waals surface area contributed by atoms with Gasteiger partial charge in [-0.3, -0.25) is 19.9 Å². The van der Waals surface area contributed by atoms with Crippen LogP contribution in [0.5, 0.6) is 11.5 Å². The fourth-order valence-electron chi connectivity index (χ4n) is 2.65. The first-order chi connectivity index (χ1) is 15.1. The molecule has 3 aromatic heterocycles. The standard InChI is InChI=1S/C22H18N4O3S2/c1-14(27)24-12-18-8-9-20(31-18)19-13-30-22(25-19)26-21(28)15-4-6-16(7-5-15)29-17-3-2-10-23-11-17/h2-11,13H,12H2,1H3,(H,24,27)(H,25,26,28). The van der Waals surface area contributed by atoms with Crippen molar-refractivity contribution in [1.29, 1.82) is 0 Å². The van der Waals surface area contributed by atoms with Gasteiger partial charge in [-0.15, -0.1) is 22.7 Å². The summed E-state index contributed by atoms with van der Waals surface area (Å²) < 4.78 is 5.69. The topological polar surface area (TPSA) is 93.2 Å². The van der Waals surface area contributed by atoms with Gasteiger partial charge in [0.2, 0.25) is 5.91 Å². The minimum absolute atomic E-state index is 0.0646. The predicted octanol–water partition coefficient (Wildman–Crippen LogP) is 4.95. The van der Waals surface area contributed by atoms with Gasteiger partial charge in [0.05, 0.1) is 23.3 Å². The molecular formula is C22H18N4O3S2. The molecule has 0 aliphatic heterocycles. The van der Waals surface area contributed by atoms with Gasteiger partial charge in [-0.1, -0.05) is 0 Å². The highest BCUT2D eigenvalue weighted by molar-refractivity contribution is 7.17. The lowest BCUT2D eigenvalue weighted by Crippen LogP contribution is -2.17. The van der Waals surface area contributed by atoms with Gasteiger partial charge in [-0.25, -0.2) is 4.98 Å². The molecule has 0 saturated carbocycles. The molecule has 4 rings (SSSR count). The number of amides is 2. The summed E-state index contributed by atoms with van der Waals surface area (Å²) >= 11 is 2.92. The Morgan fingerprint density at radius 3 is 2.65 bits per heavy atom. The van der Waals surface area contributed by atoms with Crippen LogP contribution in [0.1, 0.15) is 22.2 Å². The van der Waals surface area contributed by atoms with Crippen molar-refractivity contribution < 1.29 is 14.3 Å². The molecule has 2 N–H and O–H groups in total. The van der Waals surface area contributed by atoms with Crippen molar-refractivity contribution in [1.82, 2.24) is 15.3 Å². The smallest absolute Gasteiger partial charge is 0.257 e. The number of carbonyl (C=O) groups is 2. The number of carbonyl (C=O) groups excluding carboxylic acids is 2. The highest BCUT2D eigenvalue weighted by Crippen LogP contribution is 2.31. The quantitative estimate of drug-likeness (QED) is 0.416. The second kappa shape index (κ2) is 9.50. The molecule has 0 aliphatic carbocycles. The third kappa shape index (κ3) is 5.53. The first-order valence-electron chi connectivity index (χ1n) is 9.35. The van der Waals surface area contributed by atoms with Gasteiger partial charge in [0.25, 0.3) is 5.91 Å². The Morgan fingerprint density at radius 2 is 1.90 bits per heavy atom. The van der Waals surface area contributed by atoms with Gasteiger partial charge in [-0.05, 0) is 48.5 Å². The maximum absolute atomic E-state index is 12.5. The lowest BCUT2D eigenvalue weighted by Gasteiger charge is -2.06. The largest absolute Gasteiger partial charge is 0.456 e. The maximum atomic E-state index is 12.5. The van der Waals surface area contributed by atoms with Crippen LogP contribution < -0.4 is 15.4 Å². The molecule has 0 fully saturated rings. The molecule has 7 nitrogen and oxygen atoms in total. The van der Waals surface area contributed by atoms with Crippen LogP contribution in [0.4, 0.5) is 5.13 Å². The minimum atomic E-state index is -0.244. The number of thiophene rings is 1. The molecule has 0 atom stereocenters. The second-order valence-corrected chi connectivity index (χ2v) is 8.51. The van der Waals surface area contributed by atoms with Gasteiger partial charge in [0, 0.05) is 28.9 Å². The summed E-state index contributed by atoms with van der Waals surface area (Å²) in [7, 11) is 0. The molecule has 0 spiro atoms. The highest BCUT2D eigenvalue weighted by atomic mass is 32.1. The van der Waals surface area contributed by atoms with Crippen molar-refractivity contribution >= 4 is 39.6 Å². The first kappa shape index (κ1) is 20.7. The zero-order valence-electron chi connectivity index (χ0n) is 16.5. The Labute approximate surface area is 186 Å². The zero-order valence-corrected chi connectivity index (χ0v) is 18.1. The van der Waals surface area contributed by atoms with Gasteiger partial charge in [0.1, 0.15) is 11.5 Å². The number of benzene rings is 1. The SMILES string of the molecule is CC(=O)NCc1ccc(-c2csc(NC(=O)c3ccc(Oc4cccnc4)cc3)n2)s1. The molecule has 9 heteroatoms. The Morgan fingerprint density at radius 1 is 1.06 bits per heavy atom. The van der Waals surface area contributed by atoms with E-state index in [0.29, 0.717) is 28.7 Å². The van der Waals surface area contributed by atoms with E-state index in [9.17, 15) is 9.59 Å². The van der Waals surface area contributed by atoms with E-state index in [4.69, 9.17) is 4.74 Å². The van der Waals surface area contributed by atoms with Crippen LogP contribution in [-0.2, 0) is 11.3 Å². The predicted molar refractivity (Wildman–Crippen MR) is 122 cm³/mol. The average molecular weight is 451 g/mol. The lowest BCUT2D eigenvalue weighted by molar-refractivity contribution is -0.119. The number of aromatic nitrogens is 2. The van der Waals surface area contributed by atoms with Crippen LogP contribution in [0.15, 0.2) is 66.3 Å². The monoisotopic (exact) mass is 450 g/mol. The summed E-state index contributed by atoms with van der Waals surface area (Å²) in [4.78, 5) is 34.1. The van der Waals surface area contributed by atoms with E-state index < -0.39 is 0 Å². The number of anilines is 1. The van der Waals surface area contributed by atoms with E-state index >= 15 is 0 Å². The fraction of sp³-hybridized carbons (Fsp3) is 0.0909. The van der Waals surface area contributed by atoms with E-state index in [1.165, 1.54) is 18.3 Å². The summed E-state index contributed by atoms with van der Waals surface area (Å²) in [6.07, 6.45) is 3.30. The van der Waals surface area contributed by atoms with Gasteiger partial charge < -0.3 is 10.1 Å². The zero-order chi connectivity index (χ0) is 21.6. The van der Waals surface area contributed by atoms with Crippen molar-refractivity contribution in [3.8, 4) is 22.1 Å². The number of pyridine rings is 1. The molecule has 0 unspecified atom stereocenters. The summed E-state index contributed by atoms with van der Waals surface area (Å²) in [5.74, 6) is 0.939. The van der Waals surface area contributed by atoms with Crippen molar-refractivity contribution in [3.05, 3.63) is 76.7 Å². The third-order valence-electron chi connectivity index (χ3n) is 4.14. The Kier molecular flexibility index (Phi) is 6.34. The molecular weight excluding hydrogens is 432 g/mol. The van der Waals surface area contributed by atoms with Crippen LogP contribution in [-0.4, -0.2) is 21.8 Å². The van der Waals surface area contributed by atoms with Gasteiger partial charge >= 0.3 is 0 Å². The number of ether oxygens (including phenoxy) is 1. The van der Waals surface area contributed by atoms with E-state index in [0.717, 1.165) is 15.4 Å². The number of rotatable bonds is 7. The normalized spacial score (nSPS) is 10.5. The van der Waals surface area contributed by atoms with Crippen LogP contribution in [0.2, 0.25) is 0 Å². The molecule has 0 aliphatic rings. The summed E-state index contributed by atoms with van der Waals surface area (Å²) in [6, 6.07) is 14.4. The third-order valence-corrected chi connectivity index (χ3v) is 6.00. The van der Waals surface area contributed by atoms with Crippen molar-refractivity contribution in [3.63, 3.8) is 0 Å². The fourth-order valence-corrected chi connectivity index (χ4v) is 4.34. The molecule has 0 radical (unpaired) electrons. The minimum Gasteiger partial charge on any atom is -0.456 e. The van der Waals surface area contributed by atoms with Crippen LogP contribution in [0.25, 0.3) is 10.6 Å². The average Bonchev–Trinajstić information content (AvgIpc) is 3.43. The Hall–Kier alpha value is -3.56. The van der Waals surface area contributed by atoms with Crippen LogP contribution >= 0.6 is 22.7 Å². The molecule has 1 aromatic carbocycles. The second-order valence-electron chi connectivity index (χ2n) is 6.48. The molecule has 3 heterocycles.